The first-order valence-electron chi connectivity index (χ1n) is 6.24. The summed E-state index contributed by atoms with van der Waals surface area (Å²) in [6, 6.07) is 14.9. The summed E-state index contributed by atoms with van der Waals surface area (Å²) in [5.74, 6) is -0.205. The zero-order valence-electron chi connectivity index (χ0n) is 10.2. The van der Waals surface area contributed by atoms with Crippen LogP contribution in [0.4, 0.5) is 4.39 Å². The summed E-state index contributed by atoms with van der Waals surface area (Å²) in [5, 5.41) is 0.741. The molecular formula is C15H14ClFN2. The van der Waals surface area contributed by atoms with Crippen LogP contribution in [0, 0.1) is 5.82 Å². The highest BCUT2D eigenvalue weighted by atomic mass is 35.5. The van der Waals surface area contributed by atoms with E-state index in [0.29, 0.717) is 0 Å². The molecule has 0 spiro atoms. The number of benzene rings is 2. The molecule has 2 aromatic rings. The van der Waals surface area contributed by atoms with Crippen molar-refractivity contribution in [1.29, 1.82) is 0 Å². The molecule has 2 unspecified atom stereocenters. The van der Waals surface area contributed by atoms with Crippen LogP contribution in [-0.4, -0.2) is 0 Å². The Hall–Kier alpha value is -1.42. The van der Waals surface area contributed by atoms with Gasteiger partial charge in [0, 0.05) is 17.1 Å². The molecule has 98 valence electrons. The molecule has 0 amide bonds. The molecule has 1 aliphatic rings. The maximum Gasteiger partial charge on any atom is 0.123 e. The maximum atomic E-state index is 12.9. The molecule has 1 fully saturated rings. The normalized spacial score (nSPS) is 22.6. The Morgan fingerprint density at radius 3 is 1.84 bits per heavy atom. The standard InChI is InChI=1S/C15H14ClFN2/c16-12-5-1-10(2-6-12)14-9-15(19-18-14)11-3-7-13(17)8-4-11/h1-8,14-15,18-19H,9H2. The van der Waals surface area contributed by atoms with Gasteiger partial charge in [0.2, 0.25) is 0 Å². The third kappa shape index (κ3) is 2.78. The van der Waals surface area contributed by atoms with E-state index in [2.05, 4.69) is 10.9 Å². The van der Waals surface area contributed by atoms with E-state index in [-0.39, 0.29) is 17.9 Å². The average molecular weight is 277 g/mol. The van der Waals surface area contributed by atoms with Crippen molar-refractivity contribution < 1.29 is 4.39 Å². The highest BCUT2D eigenvalue weighted by molar-refractivity contribution is 6.30. The lowest BCUT2D eigenvalue weighted by Crippen LogP contribution is -2.26. The Kier molecular flexibility index (Phi) is 3.51. The highest BCUT2D eigenvalue weighted by Crippen LogP contribution is 2.31. The third-order valence-corrected chi connectivity index (χ3v) is 3.70. The van der Waals surface area contributed by atoms with Gasteiger partial charge >= 0.3 is 0 Å². The smallest absolute Gasteiger partial charge is 0.123 e. The van der Waals surface area contributed by atoms with E-state index in [1.54, 1.807) is 0 Å². The van der Waals surface area contributed by atoms with Gasteiger partial charge in [0.1, 0.15) is 5.82 Å². The largest absolute Gasteiger partial charge is 0.250 e. The Bertz CT molecular complexity index is 502. The summed E-state index contributed by atoms with van der Waals surface area (Å²) in [6.07, 6.45) is 0.924. The lowest BCUT2D eigenvalue weighted by atomic mass is 9.98. The van der Waals surface area contributed by atoms with Gasteiger partial charge in [-0.2, -0.15) is 0 Å². The molecule has 0 saturated carbocycles. The van der Waals surface area contributed by atoms with Crippen molar-refractivity contribution in [2.45, 2.75) is 18.5 Å². The van der Waals surface area contributed by atoms with Gasteiger partial charge in [0.15, 0.2) is 0 Å². The van der Waals surface area contributed by atoms with Gasteiger partial charge in [-0.25, -0.2) is 15.2 Å². The minimum Gasteiger partial charge on any atom is -0.250 e. The third-order valence-electron chi connectivity index (χ3n) is 3.45. The topological polar surface area (TPSA) is 24.1 Å². The van der Waals surface area contributed by atoms with Crippen LogP contribution in [0.15, 0.2) is 48.5 Å². The molecule has 19 heavy (non-hydrogen) atoms. The van der Waals surface area contributed by atoms with Gasteiger partial charge in [-0.15, -0.1) is 0 Å². The Balaban J connectivity index is 1.73. The van der Waals surface area contributed by atoms with Gasteiger partial charge in [0.25, 0.3) is 0 Å². The van der Waals surface area contributed by atoms with Gasteiger partial charge in [0.05, 0.1) is 0 Å². The first-order chi connectivity index (χ1) is 9.22. The van der Waals surface area contributed by atoms with Gasteiger partial charge in [-0.3, -0.25) is 0 Å². The second kappa shape index (κ2) is 5.29. The molecule has 2 nitrogen and oxygen atoms in total. The molecule has 1 heterocycles. The van der Waals surface area contributed by atoms with Crippen LogP contribution in [0.25, 0.3) is 0 Å². The van der Waals surface area contributed by atoms with Gasteiger partial charge < -0.3 is 0 Å². The van der Waals surface area contributed by atoms with E-state index in [1.807, 2.05) is 36.4 Å². The minimum atomic E-state index is -0.205. The molecule has 4 heteroatoms. The Morgan fingerprint density at radius 1 is 0.842 bits per heavy atom. The van der Waals surface area contributed by atoms with Crippen molar-refractivity contribution in [3.63, 3.8) is 0 Å². The van der Waals surface area contributed by atoms with E-state index < -0.39 is 0 Å². The highest BCUT2D eigenvalue weighted by Gasteiger charge is 2.25. The molecule has 1 saturated heterocycles. The van der Waals surface area contributed by atoms with Crippen LogP contribution >= 0.6 is 11.6 Å². The van der Waals surface area contributed by atoms with Crippen LogP contribution in [0.1, 0.15) is 29.6 Å². The summed E-state index contributed by atoms with van der Waals surface area (Å²) in [5.41, 5.74) is 8.80. The van der Waals surface area contributed by atoms with Crippen LogP contribution < -0.4 is 10.9 Å². The molecule has 3 rings (SSSR count). The van der Waals surface area contributed by atoms with Crippen LogP contribution in [0.3, 0.4) is 0 Å². The zero-order chi connectivity index (χ0) is 13.2. The molecule has 0 radical (unpaired) electrons. The van der Waals surface area contributed by atoms with E-state index in [1.165, 1.54) is 17.7 Å². The fourth-order valence-corrected chi connectivity index (χ4v) is 2.51. The van der Waals surface area contributed by atoms with Crippen molar-refractivity contribution >= 4 is 11.6 Å². The lowest BCUT2D eigenvalue weighted by Gasteiger charge is -2.10. The fraction of sp³-hybridized carbons (Fsp3) is 0.200. The first kappa shape index (κ1) is 12.6. The Labute approximate surface area is 116 Å². The molecular weight excluding hydrogens is 263 g/mol. The van der Waals surface area contributed by atoms with Crippen molar-refractivity contribution in [3.8, 4) is 0 Å². The van der Waals surface area contributed by atoms with Gasteiger partial charge in [-0.1, -0.05) is 35.9 Å². The molecule has 2 N–H and O–H groups in total. The van der Waals surface area contributed by atoms with Crippen molar-refractivity contribution in [2.75, 3.05) is 0 Å². The summed E-state index contributed by atoms with van der Waals surface area (Å²) in [4.78, 5) is 0. The summed E-state index contributed by atoms with van der Waals surface area (Å²) in [6.45, 7) is 0. The second-order valence-electron chi connectivity index (χ2n) is 4.73. The van der Waals surface area contributed by atoms with E-state index in [4.69, 9.17) is 11.6 Å². The van der Waals surface area contributed by atoms with Crippen LogP contribution in [0.2, 0.25) is 5.02 Å². The summed E-state index contributed by atoms with van der Waals surface area (Å²) >= 11 is 5.89. The average Bonchev–Trinajstić information content (AvgIpc) is 2.90. The fourth-order valence-electron chi connectivity index (χ4n) is 2.38. The number of hydrogen-bond acceptors (Lipinski definition) is 2. The first-order valence-corrected chi connectivity index (χ1v) is 6.62. The van der Waals surface area contributed by atoms with Gasteiger partial charge in [-0.05, 0) is 41.8 Å². The lowest BCUT2D eigenvalue weighted by molar-refractivity contribution is 0.554. The van der Waals surface area contributed by atoms with Crippen molar-refractivity contribution in [2.24, 2.45) is 0 Å². The van der Waals surface area contributed by atoms with E-state index in [0.717, 1.165) is 17.0 Å². The predicted molar refractivity (Wildman–Crippen MR) is 74.2 cm³/mol. The molecule has 0 aliphatic carbocycles. The summed E-state index contributed by atoms with van der Waals surface area (Å²) in [7, 11) is 0. The molecule has 2 atom stereocenters. The number of hydrazine groups is 1. The molecule has 0 aromatic heterocycles. The zero-order valence-corrected chi connectivity index (χ0v) is 11.0. The number of hydrogen-bond donors (Lipinski definition) is 2. The van der Waals surface area contributed by atoms with E-state index >= 15 is 0 Å². The van der Waals surface area contributed by atoms with E-state index in [9.17, 15) is 4.39 Å². The summed E-state index contributed by atoms with van der Waals surface area (Å²) < 4.78 is 12.9. The molecule has 2 aromatic carbocycles. The maximum absolute atomic E-state index is 12.9. The number of rotatable bonds is 2. The SMILES string of the molecule is Fc1ccc(C2CC(c3ccc(Cl)cc3)NN2)cc1. The van der Waals surface area contributed by atoms with Crippen LogP contribution in [-0.2, 0) is 0 Å². The quantitative estimate of drug-likeness (QED) is 0.873. The number of nitrogens with one attached hydrogen (secondary N) is 2. The molecule has 1 aliphatic heterocycles. The Morgan fingerprint density at radius 2 is 1.32 bits per heavy atom. The van der Waals surface area contributed by atoms with Crippen molar-refractivity contribution in [1.82, 2.24) is 10.9 Å². The van der Waals surface area contributed by atoms with Crippen LogP contribution in [0.5, 0.6) is 0 Å². The number of halogens is 2. The van der Waals surface area contributed by atoms with Crippen molar-refractivity contribution in [3.05, 3.63) is 70.5 Å². The second-order valence-corrected chi connectivity index (χ2v) is 5.17. The minimum absolute atomic E-state index is 0.196. The monoisotopic (exact) mass is 276 g/mol. The predicted octanol–water partition coefficient (Wildman–Crippen LogP) is 3.76. The molecule has 0 bridgehead atoms.